The van der Waals surface area contributed by atoms with Gasteiger partial charge in [-0.25, -0.2) is 0 Å². The van der Waals surface area contributed by atoms with Crippen LogP contribution in [-0.2, 0) is 0 Å². The van der Waals surface area contributed by atoms with Gasteiger partial charge in [0, 0.05) is 6.07 Å². The lowest BCUT2D eigenvalue weighted by molar-refractivity contribution is 0.475. The van der Waals surface area contributed by atoms with Crippen LogP contribution in [0.4, 0.5) is 17.6 Å². The van der Waals surface area contributed by atoms with E-state index in [-0.39, 0.29) is 17.4 Å². The van der Waals surface area contributed by atoms with E-state index in [9.17, 15) is 10.2 Å². The highest BCUT2D eigenvalue weighted by molar-refractivity contribution is 5.81. The molecule has 0 bridgehead atoms. The SMILES string of the molecule is Nc1nc(N/N=C/c2ccc(O)cc2)cc(N/N=C/c2ccc(O)cc2)n1. The molecule has 9 nitrogen and oxygen atoms in total. The molecule has 9 heteroatoms. The highest BCUT2D eigenvalue weighted by atomic mass is 16.3. The summed E-state index contributed by atoms with van der Waals surface area (Å²) in [7, 11) is 0. The first-order valence-corrected chi connectivity index (χ1v) is 7.89. The van der Waals surface area contributed by atoms with Gasteiger partial charge in [-0.15, -0.1) is 0 Å². The van der Waals surface area contributed by atoms with Crippen LogP contribution in [0, 0.1) is 0 Å². The van der Waals surface area contributed by atoms with Gasteiger partial charge in [0.25, 0.3) is 0 Å². The predicted octanol–water partition coefficient (Wildman–Crippen LogP) is 2.36. The number of nitrogens with one attached hydrogen (secondary N) is 2. The number of hydrogen-bond donors (Lipinski definition) is 5. The van der Waals surface area contributed by atoms with Gasteiger partial charge < -0.3 is 15.9 Å². The number of rotatable bonds is 6. The normalized spacial score (nSPS) is 11.1. The van der Waals surface area contributed by atoms with Crippen LogP contribution in [0.25, 0.3) is 0 Å². The predicted molar refractivity (Wildman–Crippen MR) is 105 cm³/mol. The number of nitrogens with zero attached hydrogens (tertiary/aromatic N) is 4. The van der Waals surface area contributed by atoms with Crippen molar-refractivity contribution in [3.05, 3.63) is 65.7 Å². The van der Waals surface area contributed by atoms with Crippen molar-refractivity contribution in [2.24, 2.45) is 10.2 Å². The summed E-state index contributed by atoms with van der Waals surface area (Å²) < 4.78 is 0. The van der Waals surface area contributed by atoms with Crippen LogP contribution in [0.5, 0.6) is 11.5 Å². The Hall–Kier alpha value is -4.14. The number of nitrogen functional groups attached to an aromatic ring is 1. The van der Waals surface area contributed by atoms with E-state index in [1.54, 1.807) is 67.0 Å². The maximum Gasteiger partial charge on any atom is 0.224 e. The molecule has 1 aromatic heterocycles. The van der Waals surface area contributed by atoms with Crippen molar-refractivity contribution in [1.82, 2.24) is 9.97 Å². The van der Waals surface area contributed by atoms with E-state index in [2.05, 4.69) is 31.0 Å². The van der Waals surface area contributed by atoms with E-state index in [0.717, 1.165) is 11.1 Å². The molecule has 0 aliphatic heterocycles. The number of phenolic OH excluding ortho intramolecular Hbond substituents is 2. The molecule has 0 unspecified atom stereocenters. The molecule has 6 N–H and O–H groups in total. The molecule has 0 fully saturated rings. The molecule has 3 rings (SSSR count). The number of aromatic hydroxyl groups is 2. The molecule has 0 aliphatic rings. The molecule has 0 saturated carbocycles. The topological polar surface area (TPSA) is 141 Å². The second kappa shape index (κ2) is 8.30. The molecule has 27 heavy (non-hydrogen) atoms. The quantitative estimate of drug-likeness (QED) is 0.334. The maximum absolute atomic E-state index is 9.26. The van der Waals surface area contributed by atoms with Crippen molar-refractivity contribution in [2.75, 3.05) is 16.6 Å². The van der Waals surface area contributed by atoms with Gasteiger partial charge >= 0.3 is 0 Å². The molecule has 2 aromatic carbocycles. The Bertz CT molecular complexity index is 879. The van der Waals surface area contributed by atoms with E-state index in [1.165, 1.54) is 0 Å². The second-order valence-electron chi connectivity index (χ2n) is 5.42. The van der Waals surface area contributed by atoms with E-state index >= 15 is 0 Å². The monoisotopic (exact) mass is 363 g/mol. The van der Waals surface area contributed by atoms with Crippen LogP contribution in [0.3, 0.4) is 0 Å². The average molecular weight is 363 g/mol. The van der Waals surface area contributed by atoms with E-state index < -0.39 is 0 Å². The van der Waals surface area contributed by atoms with Gasteiger partial charge in [0.2, 0.25) is 5.95 Å². The molecule has 136 valence electrons. The van der Waals surface area contributed by atoms with Gasteiger partial charge in [-0.1, -0.05) is 0 Å². The third kappa shape index (κ3) is 5.43. The van der Waals surface area contributed by atoms with Gasteiger partial charge in [0.15, 0.2) is 11.6 Å². The summed E-state index contributed by atoms with van der Waals surface area (Å²) in [5, 5.41) is 26.6. The standard InChI is InChI=1S/C18H17N7O2/c19-18-22-16(24-20-10-12-1-5-14(26)6-2-12)9-17(23-18)25-21-11-13-3-7-15(27)8-4-13/h1-11,26-27H,(H4,19,22,23,24,25)/b20-10+,21-11+. The minimum atomic E-state index is 0.0576. The van der Waals surface area contributed by atoms with Gasteiger partial charge in [-0.3, -0.25) is 10.9 Å². The first-order chi connectivity index (χ1) is 13.1. The Morgan fingerprint density at radius 2 is 1.15 bits per heavy atom. The Labute approximate surface area is 154 Å². The zero-order chi connectivity index (χ0) is 19.1. The Morgan fingerprint density at radius 3 is 1.56 bits per heavy atom. The van der Waals surface area contributed by atoms with Crippen molar-refractivity contribution < 1.29 is 10.2 Å². The summed E-state index contributed by atoms with van der Waals surface area (Å²) >= 11 is 0. The molecular formula is C18H17N7O2. The molecular weight excluding hydrogens is 346 g/mol. The lowest BCUT2D eigenvalue weighted by Crippen LogP contribution is -2.03. The lowest BCUT2D eigenvalue weighted by Gasteiger charge is -2.04. The smallest absolute Gasteiger partial charge is 0.224 e. The molecule has 0 spiro atoms. The summed E-state index contributed by atoms with van der Waals surface area (Å²) in [6, 6.07) is 14.8. The fraction of sp³-hybridized carbons (Fsp3) is 0. The average Bonchev–Trinajstić information content (AvgIpc) is 2.65. The minimum Gasteiger partial charge on any atom is -0.508 e. The first kappa shape index (κ1) is 17.7. The van der Waals surface area contributed by atoms with E-state index in [4.69, 9.17) is 5.73 Å². The Kier molecular flexibility index (Phi) is 5.43. The van der Waals surface area contributed by atoms with Crippen LogP contribution in [0.2, 0.25) is 0 Å². The molecule has 3 aromatic rings. The molecule has 0 radical (unpaired) electrons. The van der Waals surface area contributed by atoms with Crippen LogP contribution in [-0.4, -0.2) is 32.6 Å². The third-order valence-corrected chi connectivity index (χ3v) is 3.32. The van der Waals surface area contributed by atoms with E-state index in [0.29, 0.717) is 11.6 Å². The molecule has 0 saturated heterocycles. The molecule has 1 heterocycles. The number of anilines is 3. The van der Waals surface area contributed by atoms with Crippen LogP contribution >= 0.6 is 0 Å². The largest absolute Gasteiger partial charge is 0.508 e. The summed E-state index contributed by atoms with van der Waals surface area (Å²) in [4.78, 5) is 8.07. The lowest BCUT2D eigenvalue weighted by atomic mass is 10.2. The van der Waals surface area contributed by atoms with Crippen LogP contribution < -0.4 is 16.6 Å². The van der Waals surface area contributed by atoms with Gasteiger partial charge in [0.1, 0.15) is 11.5 Å². The molecule has 0 aliphatic carbocycles. The van der Waals surface area contributed by atoms with Crippen LogP contribution in [0.15, 0.2) is 64.8 Å². The zero-order valence-corrected chi connectivity index (χ0v) is 14.1. The van der Waals surface area contributed by atoms with Crippen molar-refractivity contribution in [1.29, 1.82) is 0 Å². The number of hydrazone groups is 2. The summed E-state index contributed by atoms with van der Waals surface area (Å²) in [6.07, 6.45) is 3.15. The van der Waals surface area contributed by atoms with Crippen molar-refractivity contribution in [3.63, 3.8) is 0 Å². The Balaban J connectivity index is 1.63. The third-order valence-electron chi connectivity index (χ3n) is 3.32. The van der Waals surface area contributed by atoms with E-state index in [1.807, 2.05) is 0 Å². The van der Waals surface area contributed by atoms with Gasteiger partial charge in [-0.05, 0) is 59.7 Å². The van der Waals surface area contributed by atoms with Crippen molar-refractivity contribution in [3.8, 4) is 11.5 Å². The van der Waals surface area contributed by atoms with Gasteiger partial charge in [0.05, 0.1) is 12.4 Å². The number of hydrogen-bond acceptors (Lipinski definition) is 9. The fourth-order valence-corrected chi connectivity index (χ4v) is 2.05. The minimum absolute atomic E-state index is 0.0576. The number of benzene rings is 2. The van der Waals surface area contributed by atoms with Crippen molar-refractivity contribution in [2.45, 2.75) is 0 Å². The fourth-order valence-electron chi connectivity index (χ4n) is 2.05. The highest BCUT2D eigenvalue weighted by Crippen LogP contribution is 2.13. The zero-order valence-electron chi connectivity index (χ0n) is 14.1. The molecule has 0 amide bonds. The number of phenols is 2. The number of aromatic nitrogens is 2. The molecule has 0 atom stereocenters. The van der Waals surface area contributed by atoms with Gasteiger partial charge in [-0.2, -0.15) is 20.2 Å². The summed E-state index contributed by atoms with van der Waals surface area (Å²) in [5.74, 6) is 1.21. The van der Waals surface area contributed by atoms with Crippen molar-refractivity contribution >= 4 is 30.0 Å². The Morgan fingerprint density at radius 1 is 0.741 bits per heavy atom. The maximum atomic E-state index is 9.26. The van der Waals surface area contributed by atoms with Crippen LogP contribution in [0.1, 0.15) is 11.1 Å². The first-order valence-electron chi connectivity index (χ1n) is 7.89. The number of nitrogens with two attached hydrogens (primary N) is 1. The second-order valence-corrected chi connectivity index (χ2v) is 5.42. The highest BCUT2D eigenvalue weighted by Gasteiger charge is 2.01. The summed E-state index contributed by atoms with van der Waals surface area (Å²) in [6.45, 7) is 0. The summed E-state index contributed by atoms with van der Waals surface area (Å²) in [5.41, 5.74) is 12.8.